The highest BCUT2D eigenvalue weighted by Gasteiger charge is 2.47. The molecule has 1 aromatic carbocycles. The predicted molar refractivity (Wildman–Crippen MR) is 94.6 cm³/mol. The third kappa shape index (κ3) is 2.78. The Morgan fingerprint density at radius 2 is 2.04 bits per heavy atom. The number of aryl methyl sites for hydroxylation is 1. The van der Waals surface area contributed by atoms with Gasteiger partial charge in [-0.2, -0.15) is 5.10 Å². The van der Waals surface area contributed by atoms with Crippen molar-refractivity contribution < 1.29 is 0 Å². The summed E-state index contributed by atoms with van der Waals surface area (Å²) in [5.41, 5.74) is 4.73. The van der Waals surface area contributed by atoms with Crippen LogP contribution in [0.1, 0.15) is 42.0 Å². The minimum atomic E-state index is 0.523. The summed E-state index contributed by atoms with van der Waals surface area (Å²) in [6.07, 6.45) is 6.25. The SMILES string of the molecule is Cn1cc2c(n1)CN(CC1(CN[C@H]3C[C@@H]3c3ccccc3)CC1)C2. The number of rotatable bonds is 6. The first-order valence-electron chi connectivity index (χ1n) is 9.23. The van der Waals surface area contributed by atoms with Crippen LogP contribution in [0.3, 0.4) is 0 Å². The Balaban J connectivity index is 1.13. The van der Waals surface area contributed by atoms with Crippen molar-refractivity contribution in [2.45, 2.75) is 44.3 Å². The van der Waals surface area contributed by atoms with Crippen molar-refractivity contribution in [3.05, 3.63) is 53.3 Å². The lowest BCUT2D eigenvalue weighted by Crippen LogP contribution is -2.35. The van der Waals surface area contributed by atoms with Crippen molar-refractivity contribution in [2.24, 2.45) is 12.5 Å². The summed E-state index contributed by atoms with van der Waals surface area (Å²) < 4.78 is 1.95. The number of hydrogen-bond acceptors (Lipinski definition) is 3. The average molecular weight is 322 g/mol. The van der Waals surface area contributed by atoms with Crippen molar-refractivity contribution in [3.8, 4) is 0 Å². The molecule has 2 fully saturated rings. The topological polar surface area (TPSA) is 33.1 Å². The zero-order valence-electron chi connectivity index (χ0n) is 14.4. The molecule has 0 unspecified atom stereocenters. The Morgan fingerprint density at radius 3 is 2.79 bits per heavy atom. The molecule has 1 aromatic heterocycles. The summed E-state index contributed by atoms with van der Waals surface area (Å²) in [6.45, 7) is 4.53. The maximum Gasteiger partial charge on any atom is 0.0809 e. The molecule has 1 N–H and O–H groups in total. The van der Waals surface area contributed by atoms with Crippen LogP contribution in [-0.2, 0) is 20.1 Å². The Hall–Kier alpha value is -1.65. The number of benzene rings is 1. The van der Waals surface area contributed by atoms with Crippen LogP contribution in [0.2, 0.25) is 0 Å². The molecule has 4 nitrogen and oxygen atoms in total. The highest BCUT2D eigenvalue weighted by molar-refractivity contribution is 5.28. The van der Waals surface area contributed by atoms with E-state index >= 15 is 0 Å². The van der Waals surface area contributed by atoms with E-state index in [9.17, 15) is 0 Å². The lowest BCUT2D eigenvalue weighted by molar-refractivity contribution is 0.216. The fourth-order valence-electron chi connectivity index (χ4n) is 4.35. The van der Waals surface area contributed by atoms with Crippen molar-refractivity contribution >= 4 is 0 Å². The lowest BCUT2D eigenvalue weighted by Gasteiger charge is -2.23. The molecule has 2 aromatic rings. The molecule has 0 bridgehead atoms. The lowest BCUT2D eigenvalue weighted by atomic mass is 10.1. The highest BCUT2D eigenvalue weighted by Crippen LogP contribution is 2.48. The van der Waals surface area contributed by atoms with E-state index in [0.29, 0.717) is 11.5 Å². The van der Waals surface area contributed by atoms with Gasteiger partial charge in [0.25, 0.3) is 0 Å². The normalized spacial score (nSPS) is 27.2. The second-order valence-electron chi connectivity index (χ2n) is 8.16. The number of nitrogens with zero attached hydrogens (tertiary/aromatic N) is 3. The first-order chi connectivity index (χ1) is 11.7. The second-order valence-corrected chi connectivity index (χ2v) is 8.16. The van der Waals surface area contributed by atoms with Gasteiger partial charge in [0.2, 0.25) is 0 Å². The maximum absolute atomic E-state index is 4.58. The molecule has 5 rings (SSSR count). The van der Waals surface area contributed by atoms with Crippen molar-refractivity contribution in [3.63, 3.8) is 0 Å². The molecule has 2 heterocycles. The maximum atomic E-state index is 4.58. The minimum Gasteiger partial charge on any atom is -0.313 e. The summed E-state index contributed by atoms with van der Waals surface area (Å²) >= 11 is 0. The quantitative estimate of drug-likeness (QED) is 0.887. The van der Waals surface area contributed by atoms with Crippen LogP contribution in [0.25, 0.3) is 0 Å². The van der Waals surface area contributed by atoms with E-state index in [-0.39, 0.29) is 0 Å². The standard InChI is InChI=1S/C20H26N4/c1-23-10-16-11-24(12-19(16)22-23)14-20(7-8-20)13-21-18-9-17(18)15-5-3-2-4-6-15/h2-6,10,17-18,21H,7-9,11-14H2,1H3/t17-,18+/m1/s1. The first kappa shape index (κ1) is 14.7. The molecule has 4 heteroatoms. The molecule has 2 saturated carbocycles. The zero-order chi connectivity index (χ0) is 16.1. The van der Waals surface area contributed by atoms with Crippen LogP contribution in [-0.4, -0.2) is 33.8 Å². The van der Waals surface area contributed by atoms with Gasteiger partial charge >= 0.3 is 0 Å². The van der Waals surface area contributed by atoms with E-state index in [1.807, 2.05) is 11.7 Å². The van der Waals surface area contributed by atoms with E-state index in [4.69, 9.17) is 0 Å². The van der Waals surface area contributed by atoms with Crippen molar-refractivity contribution in [1.82, 2.24) is 20.0 Å². The molecule has 3 aliphatic rings. The van der Waals surface area contributed by atoms with Crippen molar-refractivity contribution in [2.75, 3.05) is 13.1 Å². The molecule has 126 valence electrons. The van der Waals surface area contributed by atoms with E-state index in [0.717, 1.165) is 19.0 Å². The molecule has 2 aliphatic carbocycles. The zero-order valence-corrected chi connectivity index (χ0v) is 14.4. The van der Waals surface area contributed by atoms with Crippen LogP contribution in [0.4, 0.5) is 0 Å². The Labute approximate surface area is 143 Å². The van der Waals surface area contributed by atoms with E-state index in [1.165, 1.54) is 49.2 Å². The second kappa shape index (κ2) is 5.43. The van der Waals surface area contributed by atoms with Gasteiger partial charge in [0.1, 0.15) is 0 Å². The summed E-state index contributed by atoms with van der Waals surface area (Å²) in [6, 6.07) is 11.7. The van der Waals surface area contributed by atoms with E-state index in [1.54, 1.807) is 0 Å². The van der Waals surface area contributed by atoms with Gasteiger partial charge in [0.15, 0.2) is 0 Å². The molecule has 24 heavy (non-hydrogen) atoms. The van der Waals surface area contributed by atoms with Crippen molar-refractivity contribution in [1.29, 1.82) is 0 Å². The minimum absolute atomic E-state index is 0.523. The summed E-state index contributed by atoms with van der Waals surface area (Å²) in [4.78, 5) is 2.59. The summed E-state index contributed by atoms with van der Waals surface area (Å²) in [7, 11) is 2.02. The predicted octanol–water partition coefficient (Wildman–Crippen LogP) is 2.66. The molecule has 0 amide bonds. The van der Waals surface area contributed by atoms with E-state index in [2.05, 4.69) is 51.8 Å². The van der Waals surface area contributed by atoms with Gasteiger partial charge in [0, 0.05) is 56.9 Å². The van der Waals surface area contributed by atoms with Gasteiger partial charge in [-0.25, -0.2) is 0 Å². The number of aromatic nitrogens is 2. The Morgan fingerprint density at radius 1 is 1.21 bits per heavy atom. The Kier molecular flexibility index (Phi) is 3.32. The number of fused-ring (bicyclic) bond motifs is 1. The summed E-state index contributed by atoms with van der Waals surface area (Å²) in [5, 5.41) is 8.44. The molecule has 0 radical (unpaired) electrons. The number of hydrogen-bond donors (Lipinski definition) is 1. The van der Waals surface area contributed by atoms with Crippen LogP contribution in [0.15, 0.2) is 36.5 Å². The molecule has 0 saturated heterocycles. The third-order valence-electron chi connectivity index (χ3n) is 6.03. The van der Waals surface area contributed by atoms with Gasteiger partial charge in [-0.15, -0.1) is 0 Å². The molecular weight excluding hydrogens is 296 g/mol. The van der Waals surface area contributed by atoms with Gasteiger partial charge in [-0.05, 0) is 30.2 Å². The fraction of sp³-hybridized carbons (Fsp3) is 0.550. The molecular formula is C20H26N4. The fourth-order valence-corrected chi connectivity index (χ4v) is 4.35. The van der Waals surface area contributed by atoms with Gasteiger partial charge in [0.05, 0.1) is 5.69 Å². The summed E-state index contributed by atoms with van der Waals surface area (Å²) in [5.74, 6) is 0.739. The van der Waals surface area contributed by atoms with Crippen LogP contribution in [0, 0.1) is 5.41 Å². The highest BCUT2D eigenvalue weighted by atomic mass is 15.3. The third-order valence-corrected chi connectivity index (χ3v) is 6.03. The molecule has 1 aliphatic heterocycles. The van der Waals surface area contributed by atoms with E-state index < -0.39 is 0 Å². The van der Waals surface area contributed by atoms with Crippen LogP contribution in [0.5, 0.6) is 0 Å². The molecule has 0 spiro atoms. The van der Waals surface area contributed by atoms with Gasteiger partial charge < -0.3 is 5.32 Å². The van der Waals surface area contributed by atoms with Crippen LogP contribution < -0.4 is 5.32 Å². The average Bonchev–Trinajstić information content (AvgIpc) is 3.44. The molecule has 2 atom stereocenters. The Bertz CT molecular complexity index is 708. The largest absolute Gasteiger partial charge is 0.313 e. The van der Waals surface area contributed by atoms with Gasteiger partial charge in [-0.3, -0.25) is 9.58 Å². The first-order valence-corrected chi connectivity index (χ1v) is 9.23. The van der Waals surface area contributed by atoms with Gasteiger partial charge in [-0.1, -0.05) is 30.3 Å². The van der Waals surface area contributed by atoms with Crippen LogP contribution >= 0.6 is 0 Å². The monoisotopic (exact) mass is 322 g/mol. The smallest absolute Gasteiger partial charge is 0.0809 e. The number of nitrogens with one attached hydrogen (secondary N) is 1.